The van der Waals surface area contributed by atoms with E-state index in [4.69, 9.17) is 0 Å². The van der Waals surface area contributed by atoms with Crippen LogP contribution in [-0.2, 0) is 9.59 Å². The molecule has 78 valence electrons. The summed E-state index contributed by atoms with van der Waals surface area (Å²) in [5, 5.41) is 0. The van der Waals surface area contributed by atoms with Gasteiger partial charge in [0.05, 0.1) is 0 Å². The van der Waals surface area contributed by atoms with Crippen LogP contribution >= 0.6 is 0 Å². The largest absolute Gasteiger partial charge is 0.343 e. The zero-order valence-corrected chi connectivity index (χ0v) is 8.32. The maximum absolute atomic E-state index is 11.5. The number of hydrogen-bond donors (Lipinski definition) is 0. The molecular formula is C10H16N2O2. The van der Waals surface area contributed by atoms with Gasteiger partial charge in [-0.3, -0.25) is 9.59 Å². The smallest absolute Gasteiger partial charge is 0.222 e. The van der Waals surface area contributed by atoms with E-state index in [1.807, 2.05) is 4.90 Å². The molecule has 0 spiro atoms. The van der Waals surface area contributed by atoms with Crippen LogP contribution in [0.25, 0.3) is 0 Å². The summed E-state index contributed by atoms with van der Waals surface area (Å²) in [7, 11) is 0. The highest BCUT2D eigenvalue weighted by Gasteiger charge is 2.30. The third-order valence-electron chi connectivity index (χ3n) is 3.13. The van der Waals surface area contributed by atoms with Crippen LogP contribution in [-0.4, -0.2) is 47.8 Å². The predicted octanol–water partition coefficient (Wildman–Crippen LogP) is 0.230. The summed E-state index contributed by atoms with van der Waals surface area (Å²) >= 11 is 0. The van der Waals surface area contributed by atoms with Gasteiger partial charge in [-0.05, 0) is 19.3 Å². The standard InChI is InChI=1S/C10H16N2O2/c13-8-11-5-1-3-9(7-11)12-6-2-4-10(12)14/h8-9H,1-7H2. The Kier molecular flexibility index (Phi) is 2.70. The molecule has 14 heavy (non-hydrogen) atoms. The van der Waals surface area contributed by atoms with Crippen LogP contribution in [0.1, 0.15) is 25.7 Å². The second-order valence-corrected chi connectivity index (χ2v) is 4.09. The Balaban J connectivity index is 1.96. The third kappa shape index (κ3) is 1.74. The monoisotopic (exact) mass is 196 g/mol. The Morgan fingerprint density at radius 1 is 1.29 bits per heavy atom. The Bertz CT molecular complexity index is 242. The lowest BCUT2D eigenvalue weighted by molar-refractivity contribution is -0.132. The Labute approximate surface area is 83.9 Å². The average molecular weight is 196 g/mol. The molecule has 2 aliphatic heterocycles. The summed E-state index contributed by atoms with van der Waals surface area (Å²) in [6, 6.07) is 0.281. The van der Waals surface area contributed by atoms with Gasteiger partial charge in [-0.15, -0.1) is 0 Å². The summed E-state index contributed by atoms with van der Waals surface area (Å²) in [6.07, 6.45) is 4.64. The zero-order chi connectivity index (χ0) is 9.97. The topological polar surface area (TPSA) is 40.6 Å². The van der Waals surface area contributed by atoms with Gasteiger partial charge in [0.25, 0.3) is 0 Å². The fourth-order valence-electron chi connectivity index (χ4n) is 2.39. The lowest BCUT2D eigenvalue weighted by atomic mass is 10.1. The van der Waals surface area contributed by atoms with Crippen LogP contribution in [0.2, 0.25) is 0 Å². The van der Waals surface area contributed by atoms with E-state index in [2.05, 4.69) is 0 Å². The maximum Gasteiger partial charge on any atom is 0.222 e. The van der Waals surface area contributed by atoms with Crippen LogP contribution in [0, 0.1) is 0 Å². The number of nitrogens with zero attached hydrogens (tertiary/aromatic N) is 2. The lowest BCUT2D eigenvalue weighted by Crippen LogP contribution is -2.47. The summed E-state index contributed by atoms with van der Waals surface area (Å²) in [5.41, 5.74) is 0. The Hall–Kier alpha value is -1.06. The molecule has 1 atom stereocenters. The van der Waals surface area contributed by atoms with Crippen molar-refractivity contribution >= 4 is 12.3 Å². The van der Waals surface area contributed by atoms with Crippen molar-refractivity contribution in [2.45, 2.75) is 31.7 Å². The SMILES string of the molecule is O=CN1CCCC(N2CCCC2=O)C1. The van der Waals surface area contributed by atoms with Gasteiger partial charge in [-0.1, -0.05) is 0 Å². The molecule has 2 rings (SSSR count). The van der Waals surface area contributed by atoms with E-state index in [-0.39, 0.29) is 11.9 Å². The van der Waals surface area contributed by atoms with Gasteiger partial charge in [-0.2, -0.15) is 0 Å². The van der Waals surface area contributed by atoms with E-state index in [1.54, 1.807) is 4.90 Å². The first-order chi connectivity index (χ1) is 6.81. The predicted molar refractivity (Wildman–Crippen MR) is 51.6 cm³/mol. The van der Waals surface area contributed by atoms with Gasteiger partial charge in [-0.25, -0.2) is 0 Å². The van der Waals surface area contributed by atoms with Crippen molar-refractivity contribution in [3.05, 3.63) is 0 Å². The third-order valence-corrected chi connectivity index (χ3v) is 3.13. The molecule has 4 heteroatoms. The summed E-state index contributed by atoms with van der Waals surface area (Å²) < 4.78 is 0. The maximum atomic E-state index is 11.5. The van der Waals surface area contributed by atoms with Crippen molar-refractivity contribution in [2.75, 3.05) is 19.6 Å². The first-order valence-electron chi connectivity index (χ1n) is 5.30. The van der Waals surface area contributed by atoms with E-state index < -0.39 is 0 Å². The van der Waals surface area contributed by atoms with Crippen LogP contribution < -0.4 is 0 Å². The van der Waals surface area contributed by atoms with Crippen molar-refractivity contribution in [1.29, 1.82) is 0 Å². The summed E-state index contributed by atoms with van der Waals surface area (Å²) in [4.78, 5) is 25.8. The molecule has 0 bridgehead atoms. The van der Waals surface area contributed by atoms with E-state index in [0.717, 1.165) is 45.3 Å². The number of hydrogen-bond acceptors (Lipinski definition) is 2. The minimum absolute atomic E-state index is 0.266. The molecular weight excluding hydrogens is 180 g/mol. The van der Waals surface area contributed by atoms with Crippen molar-refractivity contribution in [1.82, 2.24) is 9.80 Å². The molecule has 0 aromatic rings. The second kappa shape index (κ2) is 3.98. The fraction of sp³-hybridized carbons (Fsp3) is 0.800. The molecule has 0 aliphatic carbocycles. The van der Waals surface area contributed by atoms with Crippen LogP contribution in [0.3, 0.4) is 0 Å². The molecule has 2 heterocycles. The van der Waals surface area contributed by atoms with Gasteiger partial charge in [0.15, 0.2) is 0 Å². The van der Waals surface area contributed by atoms with Gasteiger partial charge in [0, 0.05) is 32.1 Å². The molecule has 1 unspecified atom stereocenters. The van der Waals surface area contributed by atoms with Crippen molar-refractivity contribution < 1.29 is 9.59 Å². The average Bonchev–Trinajstić information content (AvgIpc) is 2.65. The highest BCUT2D eigenvalue weighted by atomic mass is 16.2. The van der Waals surface area contributed by atoms with Gasteiger partial charge >= 0.3 is 0 Å². The number of rotatable bonds is 2. The van der Waals surface area contributed by atoms with Crippen molar-refractivity contribution in [3.63, 3.8) is 0 Å². The van der Waals surface area contributed by atoms with Gasteiger partial charge < -0.3 is 9.80 Å². The van der Waals surface area contributed by atoms with Gasteiger partial charge in [0.2, 0.25) is 12.3 Å². The molecule has 2 saturated heterocycles. The molecule has 0 N–H and O–H groups in total. The molecule has 0 saturated carbocycles. The number of carbonyl (C=O) groups excluding carboxylic acids is 2. The molecule has 0 aromatic carbocycles. The minimum Gasteiger partial charge on any atom is -0.343 e. The van der Waals surface area contributed by atoms with Gasteiger partial charge in [0.1, 0.15) is 0 Å². The van der Waals surface area contributed by atoms with Crippen molar-refractivity contribution in [3.8, 4) is 0 Å². The lowest BCUT2D eigenvalue weighted by Gasteiger charge is -2.35. The molecule has 2 amide bonds. The van der Waals surface area contributed by atoms with Crippen LogP contribution in [0.5, 0.6) is 0 Å². The number of carbonyl (C=O) groups is 2. The second-order valence-electron chi connectivity index (χ2n) is 4.09. The van der Waals surface area contributed by atoms with E-state index >= 15 is 0 Å². The minimum atomic E-state index is 0.266. The fourth-order valence-corrected chi connectivity index (χ4v) is 2.39. The number of piperidine rings is 1. The highest BCUT2D eigenvalue weighted by molar-refractivity contribution is 5.78. The number of likely N-dealkylation sites (tertiary alicyclic amines) is 2. The summed E-state index contributed by atoms with van der Waals surface area (Å²) in [6.45, 7) is 2.47. The van der Waals surface area contributed by atoms with E-state index in [9.17, 15) is 9.59 Å². The highest BCUT2D eigenvalue weighted by Crippen LogP contribution is 2.20. The molecule has 0 aromatic heterocycles. The molecule has 4 nitrogen and oxygen atoms in total. The quantitative estimate of drug-likeness (QED) is 0.593. The Morgan fingerprint density at radius 3 is 2.79 bits per heavy atom. The number of amides is 2. The first kappa shape index (κ1) is 9.49. The van der Waals surface area contributed by atoms with E-state index in [0.29, 0.717) is 6.42 Å². The zero-order valence-electron chi connectivity index (χ0n) is 8.32. The van der Waals surface area contributed by atoms with Crippen LogP contribution in [0.4, 0.5) is 0 Å². The Morgan fingerprint density at radius 2 is 2.14 bits per heavy atom. The molecule has 2 fully saturated rings. The molecule has 0 radical (unpaired) electrons. The van der Waals surface area contributed by atoms with E-state index in [1.165, 1.54) is 0 Å². The van der Waals surface area contributed by atoms with Crippen molar-refractivity contribution in [2.24, 2.45) is 0 Å². The first-order valence-corrected chi connectivity index (χ1v) is 5.30. The van der Waals surface area contributed by atoms with Crippen LogP contribution in [0.15, 0.2) is 0 Å². The summed E-state index contributed by atoms with van der Waals surface area (Å²) in [5.74, 6) is 0.266. The molecule has 2 aliphatic rings. The normalized spacial score (nSPS) is 28.3.